The van der Waals surface area contributed by atoms with Crippen LogP contribution in [0.2, 0.25) is 0 Å². The largest absolute Gasteiger partial charge is 0.502 e. The minimum atomic E-state index is -0.654. The summed E-state index contributed by atoms with van der Waals surface area (Å²) in [6, 6.07) is 14.3. The Balaban J connectivity index is 1.38. The quantitative estimate of drug-likeness (QED) is 0.484. The fourth-order valence-corrected chi connectivity index (χ4v) is 4.05. The van der Waals surface area contributed by atoms with Gasteiger partial charge in [0.25, 0.3) is 0 Å². The summed E-state index contributed by atoms with van der Waals surface area (Å²) in [5, 5.41) is 20.7. The maximum Gasteiger partial charge on any atom is 0.329 e. The number of benzene rings is 2. The molecule has 2 heterocycles. The number of piperidine rings is 1. The number of aromatic hydroxyl groups is 1. The summed E-state index contributed by atoms with van der Waals surface area (Å²) in [6.07, 6.45) is 4.75. The van der Waals surface area contributed by atoms with E-state index >= 15 is 0 Å². The van der Waals surface area contributed by atoms with E-state index in [0.717, 1.165) is 32.5 Å². The van der Waals surface area contributed by atoms with Crippen molar-refractivity contribution in [3.05, 3.63) is 76.7 Å². The van der Waals surface area contributed by atoms with Crippen molar-refractivity contribution in [1.29, 1.82) is 0 Å². The number of carbonyl (C=O) groups is 1. The van der Waals surface area contributed by atoms with Crippen molar-refractivity contribution in [3.8, 4) is 17.0 Å². The highest BCUT2D eigenvalue weighted by Crippen LogP contribution is 2.30. The molecule has 0 spiro atoms. The first-order chi connectivity index (χ1) is 15.4. The Kier molecular flexibility index (Phi) is 6.18. The molecule has 2 aromatic carbocycles. The third-order valence-corrected chi connectivity index (χ3v) is 5.93. The predicted octanol–water partition coefficient (Wildman–Crippen LogP) is 3.73. The molecular formula is C23H25N5O4. The Labute approximate surface area is 185 Å². The van der Waals surface area contributed by atoms with E-state index in [9.17, 15) is 20.0 Å². The lowest BCUT2D eigenvalue weighted by Gasteiger charge is -2.36. The minimum Gasteiger partial charge on any atom is -0.502 e. The van der Waals surface area contributed by atoms with Crippen LogP contribution < -0.4 is 0 Å². The van der Waals surface area contributed by atoms with Crippen molar-refractivity contribution in [2.24, 2.45) is 0 Å². The Hall–Kier alpha value is -3.72. The zero-order chi connectivity index (χ0) is 22.7. The number of likely N-dealkylation sites (tertiary alicyclic amines) is 1. The molecule has 1 aliphatic rings. The van der Waals surface area contributed by atoms with Crippen LogP contribution in [0, 0.1) is 10.1 Å². The van der Waals surface area contributed by atoms with Gasteiger partial charge in [0.1, 0.15) is 6.33 Å². The molecule has 1 N–H and O–H groups in total. The highest BCUT2D eigenvalue weighted by atomic mass is 16.6. The molecule has 0 bridgehead atoms. The fourth-order valence-electron chi connectivity index (χ4n) is 4.05. The summed E-state index contributed by atoms with van der Waals surface area (Å²) in [7, 11) is 1.80. The third kappa shape index (κ3) is 4.62. The van der Waals surface area contributed by atoms with Gasteiger partial charge < -0.3 is 10.0 Å². The standard InChI is InChI=1S/C23H25N5O4/c1-25(19-9-11-26(12-10-19)14-17-5-3-2-4-6-17)23(30)27-15-20(24-16-27)18-7-8-22(29)21(13-18)28(31)32/h2-8,13,15-16,19,29H,9-12,14H2,1H3. The molecule has 9 nitrogen and oxygen atoms in total. The maximum absolute atomic E-state index is 13.0. The Morgan fingerprint density at radius 1 is 1.22 bits per heavy atom. The predicted molar refractivity (Wildman–Crippen MR) is 119 cm³/mol. The van der Waals surface area contributed by atoms with Crippen LogP contribution in [0.25, 0.3) is 11.3 Å². The molecule has 0 atom stereocenters. The normalized spacial score (nSPS) is 14.9. The topological polar surface area (TPSA) is 105 Å². The second-order valence-electron chi connectivity index (χ2n) is 8.01. The van der Waals surface area contributed by atoms with E-state index in [1.54, 1.807) is 18.1 Å². The maximum atomic E-state index is 13.0. The van der Waals surface area contributed by atoms with E-state index in [-0.39, 0.29) is 12.1 Å². The highest BCUT2D eigenvalue weighted by Gasteiger charge is 2.26. The average molecular weight is 435 g/mol. The molecule has 0 saturated carbocycles. The van der Waals surface area contributed by atoms with E-state index in [1.807, 2.05) is 18.2 Å². The summed E-state index contributed by atoms with van der Waals surface area (Å²) < 4.78 is 1.39. The van der Waals surface area contributed by atoms with E-state index in [1.165, 1.54) is 34.7 Å². The van der Waals surface area contributed by atoms with E-state index < -0.39 is 16.4 Å². The molecule has 1 fully saturated rings. The first kappa shape index (κ1) is 21.5. The van der Waals surface area contributed by atoms with E-state index in [0.29, 0.717) is 11.3 Å². The second kappa shape index (κ2) is 9.19. The van der Waals surface area contributed by atoms with Gasteiger partial charge in [-0.25, -0.2) is 9.78 Å². The summed E-state index contributed by atoms with van der Waals surface area (Å²) in [5.74, 6) is -0.410. The van der Waals surface area contributed by atoms with Gasteiger partial charge in [-0.15, -0.1) is 0 Å². The summed E-state index contributed by atoms with van der Waals surface area (Å²) in [6.45, 7) is 2.75. The first-order valence-corrected chi connectivity index (χ1v) is 10.5. The van der Waals surface area contributed by atoms with Crippen LogP contribution in [0.4, 0.5) is 10.5 Å². The molecule has 4 rings (SSSR count). The lowest BCUT2D eigenvalue weighted by atomic mass is 10.0. The van der Waals surface area contributed by atoms with Crippen molar-refractivity contribution in [3.63, 3.8) is 0 Å². The molecule has 1 aromatic heterocycles. The van der Waals surface area contributed by atoms with Crippen LogP contribution in [0.5, 0.6) is 5.75 Å². The number of aromatic nitrogens is 2. The first-order valence-electron chi connectivity index (χ1n) is 10.5. The number of hydrogen-bond acceptors (Lipinski definition) is 6. The number of rotatable bonds is 5. The smallest absolute Gasteiger partial charge is 0.329 e. The zero-order valence-corrected chi connectivity index (χ0v) is 17.8. The van der Waals surface area contributed by atoms with E-state index in [4.69, 9.17) is 0 Å². The number of phenolic OH excluding ortho intramolecular Hbond substituents is 1. The lowest BCUT2D eigenvalue weighted by Crippen LogP contribution is -2.46. The summed E-state index contributed by atoms with van der Waals surface area (Å²) >= 11 is 0. The molecule has 1 aliphatic heterocycles. The molecule has 0 radical (unpaired) electrons. The van der Waals surface area contributed by atoms with Gasteiger partial charge in [0.2, 0.25) is 0 Å². The number of nitrogens with zero attached hydrogens (tertiary/aromatic N) is 5. The van der Waals surface area contributed by atoms with Gasteiger partial charge in [-0.2, -0.15) is 0 Å². The molecule has 0 aliphatic carbocycles. The second-order valence-corrected chi connectivity index (χ2v) is 8.01. The number of nitro benzene ring substituents is 1. The van der Waals surface area contributed by atoms with Crippen LogP contribution in [0.3, 0.4) is 0 Å². The van der Waals surface area contributed by atoms with Gasteiger partial charge in [-0.05, 0) is 30.5 Å². The average Bonchev–Trinajstić information content (AvgIpc) is 3.30. The van der Waals surface area contributed by atoms with Crippen LogP contribution in [-0.4, -0.2) is 61.6 Å². The molecule has 3 aromatic rings. The van der Waals surface area contributed by atoms with E-state index in [2.05, 4.69) is 22.0 Å². The van der Waals surface area contributed by atoms with Gasteiger partial charge in [-0.3, -0.25) is 19.6 Å². The van der Waals surface area contributed by atoms with Gasteiger partial charge in [0.15, 0.2) is 5.75 Å². The Morgan fingerprint density at radius 3 is 2.62 bits per heavy atom. The lowest BCUT2D eigenvalue weighted by molar-refractivity contribution is -0.385. The molecule has 9 heteroatoms. The highest BCUT2D eigenvalue weighted by molar-refractivity contribution is 5.78. The number of hydrogen-bond donors (Lipinski definition) is 1. The van der Waals surface area contributed by atoms with Gasteiger partial charge >= 0.3 is 11.7 Å². The van der Waals surface area contributed by atoms with Crippen LogP contribution >= 0.6 is 0 Å². The Bertz CT molecular complexity index is 1110. The van der Waals surface area contributed by atoms with Crippen LogP contribution in [0.15, 0.2) is 61.1 Å². The number of nitro groups is 1. The van der Waals surface area contributed by atoms with Gasteiger partial charge in [0, 0.05) is 50.6 Å². The molecule has 32 heavy (non-hydrogen) atoms. The number of phenols is 1. The van der Waals surface area contributed by atoms with Crippen molar-refractivity contribution < 1.29 is 14.8 Å². The van der Waals surface area contributed by atoms with Crippen LogP contribution in [0.1, 0.15) is 18.4 Å². The molecular weight excluding hydrogens is 410 g/mol. The van der Waals surface area contributed by atoms with Crippen molar-refractivity contribution >= 4 is 11.7 Å². The van der Waals surface area contributed by atoms with Crippen molar-refractivity contribution in [2.45, 2.75) is 25.4 Å². The van der Waals surface area contributed by atoms with Crippen molar-refractivity contribution in [1.82, 2.24) is 19.4 Å². The summed E-state index contributed by atoms with van der Waals surface area (Å²) in [5.41, 5.74) is 1.77. The van der Waals surface area contributed by atoms with Gasteiger partial charge in [0.05, 0.1) is 10.6 Å². The zero-order valence-electron chi connectivity index (χ0n) is 17.8. The monoisotopic (exact) mass is 435 g/mol. The molecule has 1 amide bonds. The SMILES string of the molecule is CN(C(=O)n1cnc(-c2ccc(O)c([N+](=O)[O-])c2)c1)C1CCN(Cc2ccccc2)CC1. The summed E-state index contributed by atoms with van der Waals surface area (Å²) in [4.78, 5) is 31.8. The van der Waals surface area contributed by atoms with Crippen molar-refractivity contribution in [2.75, 3.05) is 20.1 Å². The Morgan fingerprint density at radius 2 is 1.94 bits per heavy atom. The van der Waals surface area contributed by atoms with Gasteiger partial charge in [-0.1, -0.05) is 30.3 Å². The third-order valence-electron chi connectivity index (χ3n) is 5.93. The number of carbonyl (C=O) groups excluding carboxylic acids is 1. The van der Waals surface area contributed by atoms with Crippen LogP contribution in [-0.2, 0) is 6.54 Å². The molecule has 1 saturated heterocycles. The molecule has 166 valence electrons. The molecule has 0 unspecified atom stereocenters. The fraction of sp³-hybridized carbons (Fsp3) is 0.304. The number of amides is 1. The minimum absolute atomic E-state index is 0.134. The number of imidazole rings is 1.